The number of hydrogen-bond acceptors (Lipinski definition) is 2. The van der Waals surface area contributed by atoms with Gasteiger partial charge < -0.3 is 5.73 Å². The topological polar surface area (TPSA) is 43.8 Å². The number of nitrogens with two attached hydrogens (primary N) is 1. The van der Waals surface area contributed by atoms with Gasteiger partial charge in [0.05, 0.1) is 6.20 Å². The molecular formula is C10H17N3. The van der Waals surface area contributed by atoms with Crippen molar-refractivity contribution in [3.63, 3.8) is 0 Å². The van der Waals surface area contributed by atoms with Crippen LogP contribution < -0.4 is 5.73 Å². The summed E-state index contributed by atoms with van der Waals surface area (Å²) < 4.78 is 2.03. The van der Waals surface area contributed by atoms with E-state index in [1.165, 1.54) is 18.4 Å². The highest BCUT2D eigenvalue weighted by Crippen LogP contribution is 2.38. The van der Waals surface area contributed by atoms with E-state index in [1.54, 1.807) is 0 Å². The van der Waals surface area contributed by atoms with Crippen LogP contribution in [0.2, 0.25) is 0 Å². The van der Waals surface area contributed by atoms with Crippen molar-refractivity contribution in [3.05, 3.63) is 18.0 Å². The van der Waals surface area contributed by atoms with E-state index in [0.717, 1.165) is 13.0 Å². The highest BCUT2D eigenvalue weighted by molar-refractivity contribution is 5.22. The Morgan fingerprint density at radius 1 is 1.69 bits per heavy atom. The van der Waals surface area contributed by atoms with Crippen molar-refractivity contribution in [2.75, 3.05) is 0 Å². The van der Waals surface area contributed by atoms with Crippen molar-refractivity contribution in [1.29, 1.82) is 0 Å². The van der Waals surface area contributed by atoms with Crippen LogP contribution in [0.5, 0.6) is 0 Å². The fourth-order valence-corrected chi connectivity index (χ4v) is 1.61. The first-order valence-electron chi connectivity index (χ1n) is 5.09. The molecule has 0 bridgehead atoms. The lowest BCUT2D eigenvalue weighted by atomic mass is 10.2. The van der Waals surface area contributed by atoms with Gasteiger partial charge >= 0.3 is 0 Å². The van der Waals surface area contributed by atoms with E-state index in [9.17, 15) is 0 Å². The maximum Gasteiger partial charge on any atom is 0.0525 e. The van der Waals surface area contributed by atoms with Crippen LogP contribution in [0.25, 0.3) is 0 Å². The molecule has 1 heterocycles. The van der Waals surface area contributed by atoms with Gasteiger partial charge in [-0.25, -0.2) is 0 Å². The molecule has 2 atom stereocenters. The lowest BCUT2D eigenvalue weighted by molar-refractivity contribution is 0.571. The Balaban J connectivity index is 1.94. The second-order valence-electron chi connectivity index (χ2n) is 3.90. The summed E-state index contributed by atoms with van der Waals surface area (Å²) in [5, 5.41) is 4.31. The smallest absolute Gasteiger partial charge is 0.0525 e. The van der Waals surface area contributed by atoms with E-state index in [-0.39, 0.29) is 0 Å². The minimum Gasteiger partial charge on any atom is -0.327 e. The average molecular weight is 179 g/mol. The van der Waals surface area contributed by atoms with E-state index in [0.29, 0.717) is 12.0 Å². The molecule has 0 aliphatic heterocycles. The summed E-state index contributed by atoms with van der Waals surface area (Å²) in [5.74, 6) is 0.593. The van der Waals surface area contributed by atoms with Gasteiger partial charge in [-0.15, -0.1) is 0 Å². The maximum atomic E-state index is 5.77. The molecule has 1 saturated carbocycles. The Morgan fingerprint density at radius 3 is 3.08 bits per heavy atom. The van der Waals surface area contributed by atoms with Gasteiger partial charge in [0.25, 0.3) is 0 Å². The predicted molar refractivity (Wildman–Crippen MR) is 52.5 cm³/mol. The predicted octanol–water partition coefficient (Wildman–Crippen LogP) is 1.50. The van der Waals surface area contributed by atoms with Gasteiger partial charge in [0, 0.05) is 24.7 Å². The molecule has 72 valence electrons. The number of aromatic nitrogens is 2. The SMILES string of the molecule is CCCCn1cc([C@H]2C[C@H]2N)cn1. The molecule has 0 spiro atoms. The third-order valence-corrected chi connectivity index (χ3v) is 2.66. The van der Waals surface area contributed by atoms with Crippen LogP contribution >= 0.6 is 0 Å². The lowest BCUT2D eigenvalue weighted by Gasteiger charge is -1.97. The van der Waals surface area contributed by atoms with E-state index in [4.69, 9.17) is 5.73 Å². The van der Waals surface area contributed by atoms with Crippen molar-refractivity contribution >= 4 is 0 Å². The van der Waals surface area contributed by atoms with Crippen LogP contribution in [0.1, 0.15) is 37.7 Å². The molecule has 1 fully saturated rings. The molecule has 13 heavy (non-hydrogen) atoms. The van der Waals surface area contributed by atoms with Crippen LogP contribution in [-0.2, 0) is 6.54 Å². The third kappa shape index (κ3) is 1.91. The molecule has 1 aliphatic rings. The van der Waals surface area contributed by atoms with E-state index >= 15 is 0 Å². The van der Waals surface area contributed by atoms with E-state index in [2.05, 4.69) is 18.2 Å². The zero-order valence-corrected chi connectivity index (χ0v) is 8.11. The monoisotopic (exact) mass is 179 g/mol. The van der Waals surface area contributed by atoms with Gasteiger partial charge in [0.2, 0.25) is 0 Å². The Hall–Kier alpha value is -0.830. The van der Waals surface area contributed by atoms with E-state index < -0.39 is 0 Å². The average Bonchev–Trinajstić information content (AvgIpc) is 2.67. The molecule has 2 N–H and O–H groups in total. The van der Waals surface area contributed by atoms with Crippen molar-refractivity contribution in [2.45, 2.75) is 44.7 Å². The van der Waals surface area contributed by atoms with Crippen LogP contribution in [0.3, 0.4) is 0 Å². The number of nitrogens with zero attached hydrogens (tertiary/aromatic N) is 2. The summed E-state index contributed by atoms with van der Waals surface area (Å²) in [6.45, 7) is 3.24. The van der Waals surface area contributed by atoms with Crippen molar-refractivity contribution in [1.82, 2.24) is 9.78 Å². The highest BCUT2D eigenvalue weighted by Gasteiger charge is 2.35. The lowest BCUT2D eigenvalue weighted by Crippen LogP contribution is -2.00. The van der Waals surface area contributed by atoms with E-state index in [1.807, 2.05) is 10.9 Å². The zero-order valence-electron chi connectivity index (χ0n) is 8.11. The van der Waals surface area contributed by atoms with Crippen LogP contribution in [0.4, 0.5) is 0 Å². The standard InChI is InChI=1S/C10H17N3/c1-2-3-4-13-7-8(6-12-13)9-5-10(9)11/h6-7,9-10H,2-5,11H2,1H3/t9-,10-/m1/s1. The first-order valence-corrected chi connectivity index (χ1v) is 5.09. The Morgan fingerprint density at radius 2 is 2.46 bits per heavy atom. The van der Waals surface area contributed by atoms with Crippen LogP contribution in [-0.4, -0.2) is 15.8 Å². The first kappa shape index (κ1) is 8.75. The molecule has 0 unspecified atom stereocenters. The molecule has 2 rings (SSSR count). The molecule has 0 amide bonds. The summed E-state index contributed by atoms with van der Waals surface area (Å²) in [7, 11) is 0. The third-order valence-electron chi connectivity index (χ3n) is 2.66. The fraction of sp³-hybridized carbons (Fsp3) is 0.700. The normalized spacial score (nSPS) is 26.3. The molecule has 3 nitrogen and oxygen atoms in total. The van der Waals surface area contributed by atoms with Crippen LogP contribution in [0.15, 0.2) is 12.4 Å². The molecule has 3 heteroatoms. The molecule has 0 radical (unpaired) electrons. The molecular weight excluding hydrogens is 162 g/mol. The summed E-state index contributed by atoms with van der Waals surface area (Å²) in [6, 6.07) is 0.392. The quantitative estimate of drug-likeness (QED) is 0.761. The molecule has 1 aliphatic carbocycles. The largest absolute Gasteiger partial charge is 0.327 e. The van der Waals surface area contributed by atoms with Gasteiger partial charge in [0.15, 0.2) is 0 Å². The summed E-state index contributed by atoms with van der Waals surface area (Å²) >= 11 is 0. The molecule has 0 aromatic carbocycles. The molecule has 1 aromatic heterocycles. The minimum absolute atomic E-state index is 0.392. The second kappa shape index (κ2) is 3.50. The van der Waals surface area contributed by atoms with Gasteiger partial charge in [0.1, 0.15) is 0 Å². The number of hydrogen-bond donors (Lipinski definition) is 1. The van der Waals surface area contributed by atoms with Crippen molar-refractivity contribution in [2.24, 2.45) is 5.73 Å². The molecule has 0 saturated heterocycles. The Bertz CT molecular complexity index is 279. The second-order valence-corrected chi connectivity index (χ2v) is 3.90. The summed E-state index contributed by atoms with van der Waals surface area (Å²) in [4.78, 5) is 0. The van der Waals surface area contributed by atoms with Gasteiger partial charge in [-0.1, -0.05) is 13.3 Å². The van der Waals surface area contributed by atoms with Crippen molar-refractivity contribution in [3.8, 4) is 0 Å². The van der Waals surface area contributed by atoms with Crippen molar-refractivity contribution < 1.29 is 0 Å². The first-order chi connectivity index (χ1) is 6.31. The summed E-state index contributed by atoms with van der Waals surface area (Å²) in [5.41, 5.74) is 7.09. The molecule has 1 aromatic rings. The number of aryl methyl sites for hydroxylation is 1. The Kier molecular flexibility index (Phi) is 2.36. The minimum atomic E-state index is 0.392. The van der Waals surface area contributed by atoms with Gasteiger partial charge in [-0.2, -0.15) is 5.10 Å². The maximum absolute atomic E-state index is 5.77. The van der Waals surface area contributed by atoms with Gasteiger partial charge in [-0.3, -0.25) is 4.68 Å². The highest BCUT2D eigenvalue weighted by atomic mass is 15.3. The number of unbranched alkanes of at least 4 members (excludes halogenated alkanes) is 1. The summed E-state index contributed by atoms with van der Waals surface area (Å²) in [6.07, 6.45) is 7.68. The fourth-order valence-electron chi connectivity index (χ4n) is 1.61. The number of rotatable bonds is 4. The van der Waals surface area contributed by atoms with Gasteiger partial charge in [-0.05, 0) is 18.4 Å². The van der Waals surface area contributed by atoms with Crippen LogP contribution in [0, 0.1) is 0 Å². The Labute approximate surface area is 78.9 Å². The zero-order chi connectivity index (χ0) is 9.26.